The third-order valence-corrected chi connectivity index (χ3v) is 5.47. The number of halogens is 3. The zero-order valence-electron chi connectivity index (χ0n) is 15.9. The molecule has 0 saturated carbocycles. The SMILES string of the molecule is O=[N+]([O-])c1cnc(NCc2ccccc2SC(F)(F)F)nc1NCC1CCNCC1. The summed E-state index contributed by atoms with van der Waals surface area (Å²) in [6, 6.07) is 6.13. The maximum absolute atomic E-state index is 12.7. The summed E-state index contributed by atoms with van der Waals surface area (Å²) in [6.45, 7) is 2.40. The summed E-state index contributed by atoms with van der Waals surface area (Å²) in [5.41, 5.74) is -4.22. The average Bonchev–Trinajstić information content (AvgIpc) is 2.71. The van der Waals surface area contributed by atoms with Crippen molar-refractivity contribution in [3.05, 3.63) is 46.1 Å². The number of thioether (sulfide) groups is 1. The molecule has 0 unspecified atom stereocenters. The van der Waals surface area contributed by atoms with Gasteiger partial charge in [-0.1, -0.05) is 18.2 Å². The quantitative estimate of drug-likeness (QED) is 0.320. The molecule has 1 aliphatic rings. The molecule has 3 N–H and O–H groups in total. The van der Waals surface area contributed by atoms with Crippen LogP contribution in [0.4, 0.5) is 30.6 Å². The molecule has 8 nitrogen and oxygen atoms in total. The van der Waals surface area contributed by atoms with Gasteiger partial charge in [0, 0.05) is 18.0 Å². The molecule has 0 radical (unpaired) electrons. The van der Waals surface area contributed by atoms with E-state index in [2.05, 4.69) is 25.9 Å². The molecule has 0 aliphatic carbocycles. The summed E-state index contributed by atoms with van der Waals surface area (Å²) < 4.78 is 38.2. The third kappa shape index (κ3) is 6.46. The maximum Gasteiger partial charge on any atom is 0.446 e. The van der Waals surface area contributed by atoms with E-state index < -0.39 is 10.4 Å². The number of nitro groups is 1. The number of benzene rings is 1. The van der Waals surface area contributed by atoms with Crippen molar-refractivity contribution < 1.29 is 18.1 Å². The highest BCUT2D eigenvalue weighted by molar-refractivity contribution is 8.00. The molecular formula is C18H21F3N6O2S. The van der Waals surface area contributed by atoms with Crippen LogP contribution >= 0.6 is 11.8 Å². The first-order valence-corrected chi connectivity index (χ1v) is 10.2. The van der Waals surface area contributed by atoms with Crippen LogP contribution in [0.1, 0.15) is 18.4 Å². The molecule has 1 aromatic heterocycles. The van der Waals surface area contributed by atoms with E-state index in [1.54, 1.807) is 12.1 Å². The number of nitrogens with zero attached hydrogens (tertiary/aromatic N) is 3. The monoisotopic (exact) mass is 442 g/mol. The molecule has 162 valence electrons. The predicted octanol–water partition coefficient (Wildman–Crippen LogP) is 4.02. The van der Waals surface area contributed by atoms with Crippen molar-refractivity contribution in [2.45, 2.75) is 29.8 Å². The molecule has 1 saturated heterocycles. The van der Waals surface area contributed by atoms with Gasteiger partial charge in [-0.05, 0) is 55.2 Å². The molecule has 2 aromatic rings. The molecule has 30 heavy (non-hydrogen) atoms. The second-order valence-corrected chi connectivity index (χ2v) is 7.87. The lowest BCUT2D eigenvalue weighted by molar-refractivity contribution is -0.384. The maximum atomic E-state index is 12.7. The van der Waals surface area contributed by atoms with Gasteiger partial charge in [0.2, 0.25) is 11.8 Å². The smallest absolute Gasteiger partial charge is 0.364 e. The van der Waals surface area contributed by atoms with Crippen LogP contribution < -0.4 is 16.0 Å². The molecule has 1 aromatic carbocycles. The topological polar surface area (TPSA) is 105 Å². The number of hydrogen-bond donors (Lipinski definition) is 3. The van der Waals surface area contributed by atoms with Crippen LogP contribution in [0.15, 0.2) is 35.4 Å². The fraction of sp³-hybridized carbons (Fsp3) is 0.444. The Hall–Kier alpha value is -2.60. The van der Waals surface area contributed by atoms with Crippen molar-refractivity contribution in [3.63, 3.8) is 0 Å². The lowest BCUT2D eigenvalue weighted by atomic mass is 9.98. The molecule has 0 spiro atoms. The Morgan fingerprint density at radius 3 is 2.67 bits per heavy atom. The standard InChI is InChI=1S/C18H21F3N6O2S/c19-18(20,21)30-15-4-2-1-3-13(15)10-24-17-25-11-14(27(28)29)16(26-17)23-9-12-5-7-22-8-6-12/h1-4,11-12,22H,5-10H2,(H2,23,24,25,26). The van der Waals surface area contributed by atoms with Crippen molar-refractivity contribution in [2.75, 3.05) is 30.3 Å². The molecule has 2 heterocycles. The van der Waals surface area contributed by atoms with E-state index in [0.29, 0.717) is 18.0 Å². The molecule has 0 bridgehead atoms. The van der Waals surface area contributed by atoms with Gasteiger partial charge in [-0.2, -0.15) is 18.2 Å². The summed E-state index contributed by atoms with van der Waals surface area (Å²) in [7, 11) is 0. The van der Waals surface area contributed by atoms with E-state index in [-0.39, 0.29) is 40.7 Å². The van der Waals surface area contributed by atoms with Crippen molar-refractivity contribution in [2.24, 2.45) is 5.92 Å². The summed E-state index contributed by atoms with van der Waals surface area (Å²) >= 11 is -0.192. The molecule has 3 rings (SSSR count). The number of alkyl halides is 3. The number of hydrogen-bond acceptors (Lipinski definition) is 8. The predicted molar refractivity (Wildman–Crippen MR) is 108 cm³/mol. The highest BCUT2D eigenvalue weighted by atomic mass is 32.2. The zero-order chi connectivity index (χ0) is 21.6. The molecule has 0 amide bonds. The second kappa shape index (κ2) is 9.94. The number of aromatic nitrogens is 2. The van der Waals surface area contributed by atoms with Crippen LogP contribution in [-0.4, -0.2) is 40.0 Å². The fourth-order valence-corrected chi connectivity index (χ4v) is 3.77. The van der Waals surface area contributed by atoms with Gasteiger partial charge in [0.1, 0.15) is 6.20 Å². The van der Waals surface area contributed by atoms with Gasteiger partial charge < -0.3 is 16.0 Å². The van der Waals surface area contributed by atoms with Gasteiger partial charge in [0.15, 0.2) is 0 Å². The van der Waals surface area contributed by atoms with Crippen molar-refractivity contribution >= 4 is 29.2 Å². The van der Waals surface area contributed by atoms with Crippen LogP contribution in [0.3, 0.4) is 0 Å². The van der Waals surface area contributed by atoms with Crippen LogP contribution in [0.2, 0.25) is 0 Å². The Balaban J connectivity index is 1.70. The highest BCUT2D eigenvalue weighted by Gasteiger charge is 2.30. The van der Waals surface area contributed by atoms with E-state index in [0.717, 1.165) is 32.1 Å². The van der Waals surface area contributed by atoms with Crippen LogP contribution in [0.5, 0.6) is 0 Å². The molecule has 1 fully saturated rings. The number of piperidine rings is 1. The minimum Gasteiger partial charge on any atom is -0.364 e. The van der Waals surface area contributed by atoms with Gasteiger partial charge in [0.05, 0.1) is 4.92 Å². The van der Waals surface area contributed by atoms with Crippen LogP contribution in [0, 0.1) is 16.0 Å². The summed E-state index contributed by atoms with van der Waals surface area (Å²) in [6.07, 6.45) is 3.02. The van der Waals surface area contributed by atoms with Gasteiger partial charge in [-0.3, -0.25) is 10.1 Å². The van der Waals surface area contributed by atoms with Gasteiger partial charge in [-0.25, -0.2) is 4.98 Å². The average molecular weight is 442 g/mol. The van der Waals surface area contributed by atoms with E-state index >= 15 is 0 Å². The van der Waals surface area contributed by atoms with Gasteiger partial charge >= 0.3 is 11.2 Å². The van der Waals surface area contributed by atoms with Gasteiger partial charge in [0.25, 0.3) is 0 Å². The zero-order valence-corrected chi connectivity index (χ0v) is 16.7. The van der Waals surface area contributed by atoms with E-state index in [9.17, 15) is 23.3 Å². The minimum absolute atomic E-state index is 0.0464. The molecular weight excluding hydrogens is 421 g/mol. The largest absolute Gasteiger partial charge is 0.446 e. The van der Waals surface area contributed by atoms with E-state index in [1.165, 1.54) is 12.1 Å². The first kappa shape index (κ1) is 22.1. The number of anilines is 2. The molecule has 1 aliphatic heterocycles. The van der Waals surface area contributed by atoms with Crippen LogP contribution in [0.25, 0.3) is 0 Å². The normalized spacial score (nSPS) is 15.0. The Bertz CT molecular complexity index is 877. The lowest BCUT2D eigenvalue weighted by Gasteiger charge is -2.22. The molecule has 12 heteroatoms. The minimum atomic E-state index is -4.40. The first-order chi connectivity index (χ1) is 14.3. The second-order valence-electron chi connectivity index (χ2n) is 6.77. The summed E-state index contributed by atoms with van der Waals surface area (Å²) in [5.74, 6) is 0.567. The van der Waals surface area contributed by atoms with Gasteiger partial charge in [-0.15, -0.1) is 0 Å². The fourth-order valence-electron chi connectivity index (χ4n) is 3.10. The molecule has 0 atom stereocenters. The Kier molecular flexibility index (Phi) is 7.32. The number of rotatable bonds is 8. The number of nitrogens with one attached hydrogen (secondary N) is 3. The van der Waals surface area contributed by atoms with E-state index in [4.69, 9.17) is 0 Å². The first-order valence-electron chi connectivity index (χ1n) is 9.35. The third-order valence-electron chi connectivity index (χ3n) is 4.62. The summed E-state index contributed by atoms with van der Waals surface area (Å²) in [4.78, 5) is 18.9. The van der Waals surface area contributed by atoms with Crippen molar-refractivity contribution in [3.8, 4) is 0 Å². The van der Waals surface area contributed by atoms with Crippen molar-refractivity contribution in [1.29, 1.82) is 0 Å². The van der Waals surface area contributed by atoms with Crippen LogP contribution in [-0.2, 0) is 6.54 Å². The van der Waals surface area contributed by atoms with Crippen molar-refractivity contribution in [1.82, 2.24) is 15.3 Å². The Morgan fingerprint density at radius 2 is 1.97 bits per heavy atom. The van der Waals surface area contributed by atoms with E-state index in [1.807, 2.05) is 0 Å². The lowest BCUT2D eigenvalue weighted by Crippen LogP contribution is -2.31. The highest BCUT2D eigenvalue weighted by Crippen LogP contribution is 2.38. The Labute approximate surface area is 175 Å². The summed E-state index contributed by atoms with van der Waals surface area (Å²) in [5, 5.41) is 20.4. The Morgan fingerprint density at radius 1 is 1.23 bits per heavy atom.